The normalized spacial score (nSPS) is 30.4. The molecule has 1 aliphatic heterocycles. The van der Waals surface area contributed by atoms with Crippen LogP contribution in [0.15, 0.2) is 0 Å². The minimum absolute atomic E-state index is 0.0615. The molecule has 0 radical (unpaired) electrons. The maximum atomic E-state index is 10.00. The van der Waals surface area contributed by atoms with Crippen molar-refractivity contribution in [1.82, 2.24) is 0 Å². The van der Waals surface area contributed by atoms with Gasteiger partial charge < -0.3 is 14.6 Å². The second-order valence-corrected chi connectivity index (χ2v) is 4.82. The van der Waals surface area contributed by atoms with Gasteiger partial charge in [-0.15, -0.1) is 0 Å². The molecule has 2 fully saturated rings. The van der Waals surface area contributed by atoms with Crippen LogP contribution in [0.3, 0.4) is 0 Å². The van der Waals surface area contributed by atoms with Crippen molar-refractivity contribution in [3.63, 3.8) is 0 Å². The van der Waals surface area contributed by atoms with E-state index in [1.807, 2.05) is 0 Å². The fourth-order valence-corrected chi connectivity index (χ4v) is 2.48. The van der Waals surface area contributed by atoms with Crippen molar-refractivity contribution in [2.75, 3.05) is 13.7 Å². The highest BCUT2D eigenvalue weighted by Gasteiger charge is 2.36. The van der Waals surface area contributed by atoms with Crippen molar-refractivity contribution in [3.8, 4) is 0 Å². The molecule has 0 amide bonds. The average molecular weight is 214 g/mol. The zero-order chi connectivity index (χ0) is 10.7. The molecule has 3 nitrogen and oxygen atoms in total. The van der Waals surface area contributed by atoms with Crippen LogP contribution in [0.1, 0.15) is 38.5 Å². The van der Waals surface area contributed by atoms with Crippen LogP contribution in [0.25, 0.3) is 0 Å². The molecule has 3 unspecified atom stereocenters. The van der Waals surface area contributed by atoms with Crippen molar-refractivity contribution in [3.05, 3.63) is 0 Å². The van der Waals surface area contributed by atoms with Gasteiger partial charge in [0.2, 0.25) is 0 Å². The number of aliphatic hydroxyl groups excluding tert-OH is 1. The number of ether oxygens (including phenoxy) is 2. The number of hydrogen-bond acceptors (Lipinski definition) is 3. The first kappa shape index (κ1) is 11.4. The molecule has 88 valence electrons. The summed E-state index contributed by atoms with van der Waals surface area (Å²) >= 11 is 0. The molecule has 2 rings (SSSR count). The predicted octanol–water partition coefficient (Wildman–Crippen LogP) is 1.73. The Morgan fingerprint density at radius 2 is 2.20 bits per heavy atom. The SMILES string of the molecule is COC(C(O)CCC1CCCO1)C1CC1. The van der Waals surface area contributed by atoms with E-state index in [0.29, 0.717) is 12.0 Å². The van der Waals surface area contributed by atoms with E-state index < -0.39 is 0 Å². The lowest BCUT2D eigenvalue weighted by Gasteiger charge is -2.22. The third kappa shape index (κ3) is 3.16. The van der Waals surface area contributed by atoms with Gasteiger partial charge in [-0.25, -0.2) is 0 Å². The summed E-state index contributed by atoms with van der Waals surface area (Å²) in [5, 5.41) is 10.00. The molecule has 0 aromatic heterocycles. The molecule has 3 atom stereocenters. The Bertz CT molecular complexity index is 185. The monoisotopic (exact) mass is 214 g/mol. The fraction of sp³-hybridized carbons (Fsp3) is 1.00. The Balaban J connectivity index is 1.67. The van der Waals surface area contributed by atoms with E-state index >= 15 is 0 Å². The van der Waals surface area contributed by atoms with E-state index in [2.05, 4.69) is 0 Å². The number of aliphatic hydroxyl groups is 1. The van der Waals surface area contributed by atoms with E-state index in [0.717, 1.165) is 25.9 Å². The average Bonchev–Trinajstić information content (AvgIpc) is 2.93. The van der Waals surface area contributed by atoms with Crippen molar-refractivity contribution < 1.29 is 14.6 Å². The lowest BCUT2D eigenvalue weighted by Crippen LogP contribution is -2.30. The molecule has 1 saturated heterocycles. The lowest BCUT2D eigenvalue weighted by atomic mass is 10.0. The zero-order valence-corrected chi connectivity index (χ0v) is 9.52. The van der Waals surface area contributed by atoms with Crippen LogP contribution in [0.5, 0.6) is 0 Å². The highest BCUT2D eigenvalue weighted by atomic mass is 16.5. The van der Waals surface area contributed by atoms with Crippen LogP contribution in [0.4, 0.5) is 0 Å². The van der Waals surface area contributed by atoms with Crippen LogP contribution >= 0.6 is 0 Å². The van der Waals surface area contributed by atoms with Crippen molar-refractivity contribution >= 4 is 0 Å². The number of rotatable bonds is 6. The van der Waals surface area contributed by atoms with E-state index in [1.165, 1.54) is 19.3 Å². The molecule has 3 heteroatoms. The molecule has 1 N–H and O–H groups in total. The Morgan fingerprint density at radius 1 is 1.40 bits per heavy atom. The van der Waals surface area contributed by atoms with Gasteiger partial charge in [-0.2, -0.15) is 0 Å². The second kappa shape index (κ2) is 5.28. The molecule has 0 aromatic rings. The van der Waals surface area contributed by atoms with Gasteiger partial charge in [0.1, 0.15) is 0 Å². The molecule has 0 spiro atoms. The summed E-state index contributed by atoms with van der Waals surface area (Å²) in [5.74, 6) is 0.606. The molecule has 2 aliphatic rings. The van der Waals surface area contributed by atoms with Gasteiger partial charge in [-0.05, 0) is 44.4 Å². The first-order chi connectivity index (χ1) is 7.31. The lowest BCUT2D eigenvalue weighted by molar-refractivity contribution is -0.0343. The molecule has 0 bridgehead atoms. The Labute approximate surface area is 91.8 Å². The molecule has 1 heterocycles. The summed E-state index contributed by atoms with van der Waals surface area (Å²) in [7, 11) is 1.71. The van der Waals surface area contributed by atoms with Gasteiger partial charge in [0, 0.05) is 13.7 Å². The highest BCUT2D eigenvalue weighted by molar-refractivity contribution is 4.87. The van der Waals surface area contributed by atoms with Crippen LogP contribution in [-0.4, -0.2) is 37.1 Å². The topological polar surface area (TPSA) is 38.7 Å². The van der Waals surface area contributed by atoms with E-state index in [1.54, 1.807) is 7.11 Å². The first-order valence-corrected chi connectivity index (χ1v) is 6.13. The van der Waals surface area contributed by atoms with Gasteiger partial charge in [-0.3, -0.25) is 0 Å². The van der Waals surface area contributed by atoms with Crippen LogP contribution < -0.4 is 0 Å². The van der Waals surface area contributed by atoms with E-state index in [-0.39, 0.29) is 12.2 Å². The summed E-state index contributed by atoms with van der Waals surface area (Å²) in [5.41, 5.74) is 0. The summed E-state index contributed by atoms with van der Waals surface area (Å²) < 4.78 is 10.9. The third-order valence-corrected chi connectivity index (χ3v) is 3.55. The molecule has 15 heavy (non-hydrogen) atoms. The Morgan fingerprint density at radius 3 is 2.73 bits per heavy atom. The van der Waals surface area contributed by atoms with E-state index in [9.17, 15) is 5.11 Å². The number of methoxy groups -OCH3 is 1. The van der Waals surface area contributed by atoms with Gasteiger partial charge in [0.05, 0.1) is 18.3 Å². The standard InChI is InChI=1S/C12H22O3/c1-14-12(9-4-5-9)11(13)7-6-10-3-2-8-15-10/h9-13H,2-8H2,1H3. The number of hydrogen-bond donors (Lipinski definition) is 1. The molecular weight excluding hydrogens is 192 g/mol. The van der Waals surface area contributed by atoms with Gasteiger partial charge in [-0.1, -0.05) is 0 Å². The van der Waals surface area contributed by atoms with Crippen LogP contribution in [0.2, 0.25) is 0 Å². The van der Waals surface area contributed by atoms with Gasteiger partial charge in [0.15, 0.2) is 0 Å². The molecule has 0 aromatic carbocycles. The van der Waals surface area contributed by atoms with Crippen molar-refractivity contribution in [2.45, 2.75) is 56.8 Å². The third-order valence-electron chi connectivity index (χ3n) is 3.55. The molecule has 1 saturated carbocycles. The summed E-state index contributed by atoms with van der Waals surface area (Å²) in [6, 6.07) is 0. The van der Waals surface area contributed by atoms with Gasteiger partial charge >= 0.3 is 0 Å². The summed E-state index contributed by atoms with van der Waals surface area (Å²) in [6.07, 6.45) is 6.72. The van der Waals surface area contributed by atoms with Crippen molar-refractivity contribution in [2.24, 2.45) is 5.92 Å². The summed E-state index contributed by atoms with van der Waals surface area (Å²) in [4.78, 5) is 0. The predicted molar refractivity (Wildman–Crippen MR) is 57.7 cm³/mol. The Hall–Kier alpha value is -0.120. The maximum absolute atomic E-state index is 10.00. The Kier molecular flexibility index (Phi) is 4.00. The van der Waals surface area contributed by atoms with Gasteiger partial charge in [0.25, 0.3) is 0 Å². The smallest absolute Gasteiger partial charge is 0.0858 e. The van der Waals surface area contributed by atoms with E-state index in [4.69, 9.17) is 9.47 Å². The highest BCUT2D eigenvalue weighted by Crippen LogP contribution is 2.36. The zero-order valence-electron chi connectivity index (χ0n) is 9.52. The second-order valence-electron chi connectivity index (χ2n) is 4.82. The van der Waals surface area contributed by atoms with Crippen molar-refractivity contribution in [1.29, 1.82) is 0 Å². The van der Waals surface area contributed by atoms with Crippen LogP contribution in [0, 0.1) is 5.92 Å². The summed E-state index contributed by atoms with van der Waals surface area (Å²) in [6.45, 7) is 0.900. The quantitative estimate of drug-likeness (QED) is 0.732. The molecular formula is C12H22O3. The molecule has 1 aliphatic carbocycles. The first-order valence-electron chi connectivity index (χ1n) is 6.13. The fourth-order valence-electron chi connectivity index (χ4n) is 2.48. The minimum Gasteiger partial charge on any atom is -0.390 e. The minimum atomic E-state index is -0.299. The maximum Gasteiger partial charge on any atom is 0.0858 e. The largest absolute Gasteiger partial charge is 0.390 e. The van der Waals surface area contributed by atoms with Crippen LogP contribution in [-0.2, 0) is 9.47 Å².